The Kier molecular flexibility index (Phi) is 5.79. The normalized spacial score (nSPS) is 26.8. The number of unbranched alkanes of at least 4 members (excludes halogenated alkanes) is 1. The maximum Gasteiger partial charge on any atom is 0.256 e. The van der Waals surface area contributed by atoms with Gasteiger partial charge >= 0.3 is 0 Å². The Morgan fingerprint density at radius 1 is 1.36 bits per heavy atom. The van der Waals surface area contributed by atoms with E-state index in [9.17, 15) is 15.0 Å². The summed E-state index contributed by atoms with van der Waals surface area (Å²) in [5.41, 5.74) is 4.76. The molecule has 0 radical (unpaired) electrons. The number of rotatable bonds is 5. The topological polar surface area (TPSA) is 148 Å². The second kappa shape index (κ2) is 8.10. The zero-order chi connectivity index (χ0) is 20.3. The van der Waals surface area contributed by atoms with Gasteiger partial charge in [0, 0.05) is 13.0 Å². The monoisotopic (exact) mass is 388 g/mol. The van der Waals surface area contributed by atoms with Crippen molar-refractivity contribution >= 4 is 22.9 Å². The van der Waals surface area contributed by atoms with Crippen molar-refractivity contribution in [3.8, 4) is 11.8 Å². The number of likely N-dealkylation sites (N-methyl/N-ethyl adjacent to an activating group) is 1. The number of nitrogens with two attached hydrogens (primary N) is 1. The van der Waals surface area contributed by atoms with Gasteiger partial charge in [0.05, 0.1) is 12.7 Å². The van der Waals surface area contributed by atoms with E-state index in [1.54, 1.807) is 6.92 Å². The molecule has 0 aromatic carbocycles. The van der Waals surface area contributed by atoms with Crippen LogP contribution < -0.4 is 11.1 Å². The zero-order valence-electron chi connectivity index (χ0n) is 15.8. The smallest absolute Gasteiger partial charge is 0.256 e. The second-order valence-electron chi connectivity index (χ2n) is 6.56. The van der Waals surface area contributed by atoms with Crippen LogP contribution >= 0.6 is 0 Å². The average Bonchev–Trinajstić information content (AvgIpc) is 3.21. The number of carbonyl (C=O) groups is 1. The molecule has 2 aromatic rings. The summed E-state index contributed by atoms with van der Waals surface area (Å²) in [6.07, 6.45) is 0.143. The first kappa shape index (κ1) is 20.0. The van der Waals surface area contributed by atoms with Gasteiger partial charge < -0.3 is 26.0 Å². The number of hydrogen-bond donors (Lipinski definition) is 4. The molecule has 1 aliphatic rings. The first-order chi connectivity index (χ1) is 13.5. The molecule has 3 heterocycles. The molecule has 0 aliphatic carbocycles. The largest absolute Gasteiger partial charge is 0.387 e. The van der Waals surface area contributed by atoms with Crippen molar-refractivity contribution < 1.29 is 19.7 Å². The van der Waals surface area contributed by atoms with Crippen LogP contribution in [0.2, 0.25) is 0 Å². The number of imidazole rings is 1. The summed E-state index contributed by atoms with van der Waals surface area (Å²) in [6.45, 7) is 4.09. The van der Waals surface area contributed by atoms with E-state index in [-0.39, 0.29) is 12.2 Å². The molecule has 4 atom stereocenters. The molecule has 3 rings (SSSR count). The standard InChI is InChI=1S/C18H24N6O4/c1-3-5-6-7-8-18(17(27)20-4-2)13(26)12(25)16(28-18)24-10-23-11-14(19)21-9-22-15(11)24/h9-10,12-13,16,25-26H,3-5,8H2,1-2H3,(H,20,27)(H2,19,21,22). The summed E-state index contributed by atoms with van der Waals surface area (Å²) in [5.74, 6) is 5.48. The fourth-order valence-electron chi connectivity index (χ4n) is 3.20. The first-order valence-corrected chi connectivity index (χ1v) is 9.17. The van der Waals surface area contributed by atoms with Crippen LogP contribution in [0.1, 0.15) is 39.3 Å². The lowest BCUT2D eigenvalue weighted by atomic mass is 9.90. The fraction of sp³-hybridized carbons (Fsp3) is 0.556. The van der Waals surface area contributed by atoms with Crippen LogP contribution in [-0.2, 0) is 9.53 Å². The van der Waals surface area contributed by atoms with Crippen LogP contribution in [0.25, 0.3) is 11.2 Å². The molecular formula is C18H24N6O4. The van der Waals surface area contributed by atoms with Crippen LogP contribution in [-0.4, -0.2) is 60.0 Å². The Labute approximate surface area is 162 Å². The lowest BCUT2D eigenvalue weighted by Crippen LogP contribution is -2.54. The van der Waals surface area contributed by atoms with Gasteiger partial charge in [-0.15, -0.1) is 5.92 Å². The van der Waals surface area contributed by atoms with Gasteiger partial charge in [0.1, 0.15) is 24.1 Å². The zero-order valence-corrected chi connectivity index (χ0v) is 15.8. The molecule has 0 spiro atoms. The number of aliphatic hydroxyl groups is 2. The van der Waals surface area contributed by atoms with Crippen LogP contribution in [0.3, 0.4) is 0 Å². The third kappa shape index (κ3) is 3.28. The number of aliphatic hydroxyl groups excluding tert-OH is 2. The van der Waals surface area contributed by atoms with Crippen LogP contribution in [0.15, 0.2) is 12.7 Å². The van der Waals surface area contributed by atoms with Crippen LogP contribution in [0.5, 0.6) is 0 Å². The SMILES string of the molecule is CCCC#CCC1(C(=O)NCC)OC(n2cnc3c(N)ncnc32)C(O)C1O. The molecule has 1 fully saturated rings. The number of nitrogens with one attached hydrogen (secondary N) is 1. The predicted molar refractivity (Wildman–Crippen MR) is 101 cm³/mol. The maximum atomic E-state index is 12.8. The highest BCUT2D eigenvalue weighted by Crippen LogP contribution is 2.40. The van der Waals surface area contributed by atoms with E-state index in [0.29, 0.717) is 24.1 Å². The van der Waals surface area contributed by atoms with Crippen molar-refractivity contribution in [2.24, 2.45) is 0 Å². The van der Waals surface area contributed by atoms with Gasteiger partial charge in [0.2, 0.25) is 0 Å². The summed E-state index contributed by atoms with van der Waals surface area (Å²) in [4.78, 5) is 24.9. The first-order valence-electron chi connectivity index (χ1n) is 9.17. The molecule has 1 aliphatic heterocycles. The van der Waals surface area contributed by atoms with Gasteiger partial charge in [-0.25, -0.2) is 15.0 Å². The average molecular weight is 388 g/mol. The number of anilines is 1. The molecule has 4 unspecified atom stereocenters. The van der Waals surface area contributed by atoms with Gasteiger partial charge in [0.25, 0.3) is 5.91 Å². The minimum Gasteiger partial charge on any atom is -0.387 e. The Bertz CT molecular complexity index is 920. The van der Waals surface area contributed by atoms with Crippen LogP contribution in [0.4, 0.5) is 5.82 Å². The molecular weight excluding hydrogens is 364 g/mol. The van der Waals surface area contributed by atoms with Crippen molar-refractivity contribution in [2.75, 3.05) is 12.3 Å². The summed E-state index contributed by atoms with van der Waals surface area (Å²) in [6, 6.07) is 0. The van der Waals surface area contributed by atoms with Crippen molar-refractivity contribution in [1.29, 1.82) is 0 Å². The molecule has 0 bridgehead atoms. The lowest BCUT2D eigenvalue weighted by Gasteiger charge is -2.28. The van der Waals surface area contributed by atoms with Crippen molar-refractivity contribution in [1.82, 2.24) is 24.8 Å². The molecule has 0 saturated carbocycles. The number of ether oxygens (including phenoxy) is 1. The van der Waals surface area contributed by atoms with E-state index in [2.05, 4.69) is 32.1 Å². The Hall–Kier alpha value is -2.74. The van der Waals surface area contributed by atoms with Crippen molar-refractivity contribution in [3.05, 3.63) is 12.7 Å². The molecule has 1 saturated heterocycles. The fourth-order valence-corrected chi connectivity index (χ4v) is 3.20. The minimum absolute atomic E-state index is 0.0582. The van der Waals surface area contributed by atoms with E-state index in [4.69, 9.17) is 10.5 Å². The van der Waals surface area contributed by atoms with E-state index in [0.717, 1.165) is 6.42 Å². The third-order valence-corrected chi connectivity index (χ3v) is 4.66. The van der Waals surface area contributed by atoms with Gasteiger partial charge in [-0.05, 0) is 13.3 Å². The number of amides is 1. The molecule has 150 valence electrons. The molecule has 1 amide bonds. The van der Waals surface area contributed by atoms with Gasteiger partial charge in [-0.1, -0.05) is 12.8 Å². The minimum atomic E-state index is -1.71. The lowest BCUT2D eigenvalue weighted by molar-refractivity contribution is -0.157. The van der Waals surface area contributed by atoms with Gasteiger partial charge in [-0.2, -0.15) is 0 Å². The third-order valence-electron chi connectivity index (χ3n) is 4.66. The van der Waals surface area contributed by atoms with E-state index < -0.39 is 29.9 Å². The summed E-state index contributed by atoms with van der Waals surface area (Å²) >= 11 is 0. The Morgan fingerprint density at radius 2 is 2.14 bits per heavy atom. The van der Waals surface area contributed by atoms with Crippen molar-refractivity contribution in [3.63, 3.8) is 0 Å². The number of nitrogen functional groups attached to an aromatic ring is 1. The molecule has 10 nitrogen and oxygen atoms in total. The maximum absolute atomic E-state index is 12.8. The predicted octanol–water partition coefficient (Wildman–Crippen LogP) is -0.272. The second-order valence-corrected chi connectivity index (χ2v) is 6.56. The summed E-state index contributed by atoms with van der Waals surface area (Å²) in [7, 11) is 0. The van der Waals surface area contributed by atoms with E-state index in [1.165, 1.54) is 17.2 Å². The molecule has 28 heavy (non-hydrogen) atoms. The highest BCUT2D eigenvalue weighted by molar-refractivity contribution is 5.87. The van der Waals surface area contributed by atoms with Crippen molar-refractivity contribution in [2.45, 2.75) is 57.1 Å². The number of fused-ring (bicyclic) bond motifs is 1. The van der Waals surface area contributed by atoms with Crippen LogP contribution in [0, 0.1) is 11.8 Å². The number of carbonyl (C=O) groups excluding carboxylic acids is 1. The highest BCUT2D eigenvalue weighted by atomic mass is 16.6. The van der Waals surface area contributed by atoms with Gasteiger partial charge in [0.15, 0.2) is 23.3 Å². The van der Waals surface area contributed by atoms with Gasteiger partial charge in [-0.3, -0.25) is 9.36 Å². The van der Waals surface area contributed by atoms with E-state index >= 15 is 0 Å². The Balaban J connectivity index is 2.00. The summed E-state index contributed by atoms with van der Waals surface area (Å²) in [5, 5.41) is 24.1. The molecule has 10 heteroatoms. The molecule has 2 aromatic heterocycles. The molecule has 5 N–H and O–H groups in total. The Morgan fingerprint density at radius 3 is 2.86 bits per heavy atom. The van der Waals surface area contributed by atoms with E-state index in [1.807, 2.05) is 6.92 Å². The number of nitrogens with zero attached hydrogens (tertiary/aromatic N) is 4. The quantitative estimate of drug-likeness (QED) is 0.512. The highest BCUT2D eigenvalue weighted by Gasteiger charge is 2.59. The summed E-state index contributed by atoms with van der Waals surface area (Å²) < 4.78 is 7.40. The number of aromatic nitrogens is 4. The number of hydrogen-bond acceptors (Lipinski definition) is 8.